The Morgan fingerprint density at radius 2 is 1.00 bits per heavy atom. The minimum absolute atomic E-state index is 0.759. The number of hydrogen-bond acceptors (Lipinski definition) is 2. The van der Waals surface area contributed by atoms with E-state index in [-0.39, 0.29) is 0 Å². The molecule has 2 heterocycles. The van der Waals surface area contributed by atoms with Gasteiger partial charge in [-0.1, -0.05) is 0 Å². The maximum absolute atomic E-state index is 4.95. The zero-order valence-electron chi connectivity index (χ0n) is 13.4. The molecule has 0 N–H and O–H groups in total. The number of aliphatic imine (C=N–C) groups is 2. The molecule has 0 aliphatic carbocycles. The average molecular weight is 389 g/mol. The maximum atomic E-state index is 4.95. The Kier molecular flexibility index (Phi) is 8.68. The number of halogens is 2. The summed E-state index contributed by atoms with van der Waals surface area (Å²) in [6, 6.07) is 0. The molecule has 0 spiro atoms. The van der Waals surface area contributed by atoms with Crippen LogP contribution in [0.3, 0.4) is 0 Å². The summed E-state index contributed by atoms with van der Waals surface area (Å²) >= 11 is -0.931. The van der Waals surface area contributed by atoms with Crippen molar-refractivity contribution in [1.29, 1.82) is 0 Å². The molecule has 0 aromatic heterocycles. The normalized spacial score (nSPS) is 17.8. The fraction of sp³-hybridized carbons (Fsp3) is 0.833. The van der Waals surface area contributed by atoms with Crippen molar-refractivity contribution in [2.75, 3.05) is 67.5 Å². The summed E-state index contributed by atoms with van der Waals surface area (Å²) in [6.45, 7) is 5.78. The molecule has 2 fully saturated rings. The van der Waals surface area contributed by atoms with Crippen LogP contribution in [0.2, 0.25) is 0 Å². The molecule has 6 nitrogen and oxygen atoms in total. The van der Waals surface area contributed by atoms with Gasteiger partial charge in [-0.2, -0.15) is 0 Å². The van der Waals surface area contributed by atoms with Crippen molar-refractivity contribution in [3.63, 3.8) is 0 Å². The molecule has 0 amide bonds. The molecule has 0 radical (unpaired) electrons. The van der Waals surface area contributed by atoms with Gasteiger partial charge in [0.25, 0.3) is 0 Å². The van der Waals surface area contributed by atoms with E-state index < -0.39 is 15.1 Å². The van der Waals surface area contributed by atoms with E-state index >= 15 is 0 Å². The van der Waals surface area contributed by atoms with Crippen LogP contribution in [0.4, 0.5) is 0 Å². The van der Waals surface area contributed by atoms with Crippen LogP contribution in [-0.4, -0.2) is 99.0 Å². The van der Waals surface area contributed by atoms with Crippen LogP contribution in [0.1, 0.15) is 0 Å². The summed E-state index contributed by atoms with van der Waals surface area (Å²) in [7, 11) is 18.3. The van der Waals surface area contributed by atoms with E-state index in [0.717, 1.165) is 51.2 Å². The van der Waals surface area contributed by atoms with Gasteiger partial charge in [-0.15, -0.1) is 0 Å². The molecule has 0 aromatic carbocycles. The number of hydrogen-bond donors (Lipinski definition) is 0. The summed E-state index contributed by atoms with van der Waals surface area (Å²) in [6.07, 6.45) is 0. The molecule has 2 aliphatic rings. The third-order valence-corrected chi connectivity index (χ3v) is 3.51. The van der Waals surface area contributed by atoms with Gasteiger partial charge < -0.3 is 19.6 Å². The van der Waals surface area contributed by atoms with Crippen LogP contribution < -0.4 is 0 Å². The average Bonchev–Trinajstić information content (AvgIpc) is 2.92. The van der Waals surface area contributed by atoms with Crippen molar-refractivity contribution < 1.29 is 15.1 Å². The SMILES string of the molecule is CN1CCN(C)C1=NCCN=C1N(C)CCN1C.[Cl][Zn][Cl]. The molecule has 0 unspecified atom stereocenters. The monoisotopic (exact) mass is 386 g/mol. The standard InChI is InChI=1S/C12H24N6.2ClH.Zn/c1-15-7-8-16(2)11(15)13-5-6-14-12-17(3)9-10-18(12)4;;;/h5-10H2,1-4H3;2*1H;/q;;;+2/p-2. The van der Waals surface area contributed by atoms with Crippen molar-refractivity contribution in [2.24, 2.45) is 9.98 Å². The van der Waals surface area contributed by atoms with Crippen LogP contribution in [0.15, 0.2) is 9.98 Å². The Balaban J connectivity index is 0.000000677. The fourth-order valence-corrected chi connectivity index (χ4v) is 2.37. The third kappa shape index (κ3) is 5.80. The van der Waals surface area contributed by atoms with Crippen molar-refractivity contribution in [2.45, 2.75) is 0 Å². The van der Waals surface area contributed by atoms with E-state index in [2.05, 4.69) is 57.8 Å². The van der Waals surface area contributed by atoms with Crippen molar-refractivity contribution in [3.8, 4) is 0 Å². The topological polar surface area (TPSA) is 37.7 Å². The first-order valence-electron chi connectivity index (χ1n) is 7.06. The number of likely N-dealkylation sites (N-methyl/N-ethyl adjacent to an activating group) is 4. The Hall–Kier alpha value is -0.257. The van der Waals surface area contributed by atoms with Crippen molar-refractivity contribution in [1.82, 2.24) is 19.6 Å². The Morgan fingerprint density at radius 3 is 1.24 bits per heavy atom. The van der Waals surface area contributed by atoms with E-state index in [0.29, 0.717) is 0 Å². The van der Waals surface area contributed by atoms with Crippen LogP contribution in [0.25, 0.3) is 0 Å². The predicted molar refractivity (Wildman–Crippen MR) is 86.8 cm³/mol. The van der Waals surface area contributed by atoms with E-state index in [1.165, 1.54) is 0 Å². The Morgan fingerprint density at radius 1 is 0.762 bits per heavy atom. The first kappa shape index (κ1) is 18.8. The molecular weight excluding hydrogens is 364 g/mol. The van der Waals surface area contributed by atoms with Crippen molar-refractivity contribution in [3.05, 3.63) is 0 Å². The summed E-state index contributed by atoms with van der Waals surface area (Å²) < 4.78 is 0. The van der Waals surface area contributed by atoms with Crippen molar-refractivity contribution >= 4 is 31.3 Å². The second-order valence-electron chi connectivity index (χ2n) is 5.15. The van der Waals surface area contributed by atoms with Gasteiger partial charge in [0.1, 0.15) is 0 Å². The zero-order valence-corrected chi connectivity index (χ0v) is 17.9. The van der Waals surface area contributed by atoms with Crippen LogP contribution >= 0.6 is 19.4 Å². The number of nitrogens with zero attached hydrogens (tertiary/aromatic N) is 6. The second-order valence-corrected chi connectivity index (χ2v) is 9.77. The molecule has 0 bridgehead atoms. The molecule has 0 saturated carbocycles. The van der Waals surface area contributed by atoms with Gasteiger partial charge in [0.15, 0.2) is 11.9 Å². The summed E-state index contributed by atoms with van der Waals surface area (Å²) in [4.78, 5) is 18.0. The van der Waals surface area contributed by atoms with Gasteiger partial charge in [-0.3, -0.25) is 9.98 Å². The van der Waals surface area contributed by atoms with Gasteiger partial charge in [0.2, 0.25) is 0 Å². The molecule has 118 valence electrons. The summed E-state index contributed by atoms with van der Waals surface area (Å²) in [5.74, 6) is 2.17. The molecule has 21 heavy (non-hydrogen) atoms. The third-order valence-electron chi connectivity index (χ3n) is 3.51. The first-order valence-corrected chi connectivity index (χ1v) is 14.9. The Bertz CT molecular complexity index is 321. The van der Waals surface area contributed by atoms with Crippen LogP contribution in [-0.2, 0) is 15.1 Å². The molecule has 9 heteroatoms. The second kappa shape index (κ2) is 9.70. The fourth-order valence-electron chi connectivity index (χ4n) is 2.37. The quantitative estimate of drug-likeness (QED) is 0.530. The summed E-state index contributed by atoms with van der Waals surface area (Å²) in [5.41, 5.74) is 0. The van der Waals surface area contributed by atoms with Crippen LogP contribution in [0.5, 0.6) is 0 Å². The molecule has 0 atom stereocenters. The minimum atomic E-state index is -0.931. The van der Waals surface area contributed by atoms with E-state index in [9.17, 15) is 0 Å². The predicted octanol–water partition coefficient (Wildman–Crippen LogP) is 0.829. The van der Waals surface area contributed by atoms with E-state index in [4.69, 9.17) is 19.4 Å². The molecule has 2 aliphatic heterocycles. The molecule has 2 rings (SSSR count). The Labute approximate surface area is 143 Å². The summed E-state index contributed by atoms with van der Waals surface area (Å²) in [5, 5.41) is 0. The van der Waals surface area contributed by atoms with Gasteiger partial charge in [-0.05, 0) is 0 Å². The molecule has 0 aromatic rings. The molecule has 2 saturated heterocycles. The first-order chi connectivity index (χ1) is 10.0. The van der Waals surface area contributed by atoms with Gasteiger partial charge in [-0.25, -0.2) is 0 Å². The number of rotatable bonds is 3. The van der Waals surface area contributed by atoms with E-state index in [1.54, 1.807) is 0 Å². The van der Waals surface area contributed by atoms with Gasteiger partial charge >= 0.3 is 34.5 Å². The van der Waals surface area contributed by atoms with Gasteiger partial charge in [0, 0.05) is 54.4 Å². The van der Waals surface area contributed by atoms with Crippen LogP contribution in [0, 0.1) is 0 Å². The van der Waals surface area contributed by atoms with Gasteiger partial charge in [0.05, 0.1) is 13.1 Å². The number of guanidine groups is 2. The molecular formula is C12H24Cl2N6Zn. The van der Waals surface area contributed by atoms with E-state index in [1.807, 2.05) is 0 Å². The zero-order chi connectivity index (χ0) is 15.8.